The van der Waals surface area contributed by atoms with Gasteiger partial charge in [0.25, 0.3) is 0 Å². The summed E-state index contributed by atoms with van der Waals surface area (Å²) in [5.74, 6) is 0. The number of rotatable bonds is 0. The molecule has 0 aromatic carbocycles. The van der Waals surface area contributed by atoms with Crippen molar-refractivity contribution in [1.29, 1.82) is 0 Å². The fraction of sp³-hybridized carbons (Fsp3) is 0. The van der Waals surface area contributed by atoms with Crippen molar-refractivity contribution in [2.24, 2.45) is 0 Å². The van der Waals surface area contributed by atoms with Gasteiger partial charge in [0, 0.05) is 0 Å². The van der Waals surface area contributed by atoms with Gasteiger partial charge in [0.05, 0.1) is 0 Å². The van der Waals surface area contributed by atoms with Gasteiger partial charge in [0.15, 0.2) is 0 Å². The van der Waals surface area contributed by atoms with Crippen molar-refractivity contribution < 1.29 is 246 Å². The first-order chi connectivity index (χ1) is 0. The SMILES string of the molecule is [Al+3].[Al+3].[Al+3].[Al+3].[Al+3].[Al+3].[Al+3].[Al+3].[Al+3].[Al+3].[Al+3].[Al+3].[Al+3].[Al+3].[Al+3].[Al+3].[Al+3].[Al+3].[Al+3].[Al+3].[Al+3].[Al+3].[Al+3].[Al+3].[Al+3].[O-2].[O-2].[O-2].[O-2].[O-2].[O-2].[O-2].[O-2].[O-2].[O-2].[O-2].[O-2].[O-2].[O-2].[O-2].[O-2].[O-2].[O-2].[O-2].[O-2].[O-2].[O-2].[O-2].[O-2].[O-2].[O-2].[O-2].[O-2].[O-2].[O-2].[O-2].[O-2].[O-2].[O-2].[O-2].[O-2].[O-2].[O-2].[O-2].[O-2].[O-2].[O-2].[O-2].[O-2].[O-2]. The molecule has 0 rings (SSSR count). The molecule has 70 heteroatoms. The second-order valence-corrected chi connectivity index (χ2v) is 0. The van der Waals surface area contributed by atoms with E-state index in [4.69, 9.17) is 0 Å². The van der Waals surface area contributed by atoms with Crippen molar-refractivity contribution in [3.63, 3.8) is 0 Å². The fourth-order valence-electron chi connectivity index (χ4n) is 0. The van der Waals surface area contributed by atoms with E-state index in [1.54, 1.807) is 0 Å². The Morgan fingerprint density at radius 3 is 0.0286 bits per heavy atom. The third kappa shape index (κ3) is 3700. The largest absolute Gasteiger partial charge is 3.00 e. The van der Waals surface area contributed by atoms with E-state index < -0.39 is 0 Å². The topological polar surface area (TPSA) is 1280 Å². The van der Waals surface area contributed by atoms with Crippen LogP contribution in [0.25, 0.3) is 0 Å². The quantitative estimate of drug-likeness (QED) is 0.204. The monoisotopic (exact) mass is 1390 g/mol. The van der Waals surface area contributed by atoms with Gasteiger partial charge in [0.2, 0.25) is 0 Å². The van der Waals surface area contributed by atoms with Crippen molar-refractivity contribution in [2.75, 3.05) is 0 Å². The van der Waals surface area contributed by atoms with Gasteiger partial charge in [-0.2, -0.15) is 0 Å². The van der Waals surface area contributed by atoms with Crippen molar-refractivity contribution in [3.05, 3.63) is 0 Å². The molecule has 360 valence electrons. The zero-order chi connectivity index (χ0) is 0. The predicted molar refractivity (Wildman–Crippen MR) is 175 cm³/mol. The molecule has 0 N–H and O–H groups in total. The second-order valence-electron chi connectivity index (χ2n) is 0. The zero-order valence-electron chi connectivity index (χ0n) is 32.8. The maximum absolute atomic E-state index is 0. The molecule has 0 fully saturated rings. The Hall–Kier alpha value is 11.5. The Morgan fingerprint density at radius 2 is 0.0286 bits per heavy atom. The summed E-state index contributed by atoms with van der Waals surface area (Å²) in [6.07, 6.45) is 0. The first-order valence-corrected chi connectivity index (χ1v) is 0. The standard InChI is InChI=1S/25Al.45O/q25*+3;45*-2. The van der Waals surface area contributed by atoms with E-state index in [2.05, 4.69) is 0 Å². The summed E-state index contributed by atoms with van der Waals surface area (Å²) >= 11 is 0. The molecule has 0 spiro atoms. The molecule has 0 bridgehead atoms. The van der Waals surface area contributed by atoms with Crippen LogP contribution in [0.15, 0.2) is 0 Å². The predicted octanol–water partition coefficient (Wildman–Crippen LogP) is -14.9. The van der Waals surface area contributed by atoms with Crippen LogP contribution in [-0.4, -0.2) is 434 Å². The molecule has 0 saturated carbocycles. The molecule has 0 atom stereocenters. The van der Waals surface area contributed by atoms with Gasteiger partial charge in [-0.15, -0.1) is 0 Å². The summed E-state index contributed by atoms with van der Waals surface area (Å²) in [5, 5.41) is 0. The Morgan fingerprint density at radius 1 is 0.0286 bits per heavy atom. The molecule has 0 aromatic heterocycles. The smallest absolute Gasteiger partial charge is 2.00 e. The Bertz CT molecular complexity index is 65.8. The minimum Gasteiger partial charge on any atom is -2.00 e. The Kier molecular flexibility index (Phi) is 219000. The Labute approximate surface area is 670 Å². The van der Waals surface area contributed by atoms with E-state index in [0.717, 1.165) is 0 Å². The molecule has 0 saturated heterocycles. The van der Waals surface area contributed by atoms with Crippen LogP contribution in [0.1, 0.15) is 0 Å². The van der Waals surface area contributed by atoms with Gasteiger partial charge in [-0.25, -0.2) is 0 Å². The minimum atomic E-state index is 0. The van der Waals surface area contributed by atoms with Crippen LogP contribution in [0.2, 0.25) is 0 Å². The molecule has 0 amide bonds. The fourth-order valence-corrected chi connectivity index (χ4v) is 0. The molecule has 45 nitrogen and oxygen atoms in total. The molecular formula is Al25O45-15. The van der Waals surface area contributed by atoms with Gasteiger partial charge in [-0.1, -0.05) is 0 Å². The molecule has 0 heterocycles. The van der Waals surface area contributed by atoms with Gasteiger partial charge in [-0.3, -0.25) is 0 Å². The number of hydrogen-bond donors (Lipinski definition) is 0. The van der Waals surface area contributed by atoms with E-state index in [0.29, 0.717) is 0 Å². The normalized spacial score (nSPS) is 0. The summed E-state index contributed by atoms with van der Waals surface area (Å²) in [5.41, 5.74) is 0. The van der Waals surface area contributed by atoms with Crippen molar-refractivity contribution in [3.8, 4) is 0 Å². The first-order valence-electron chi connectivity index (χ1n) is 0. The third-order valence-corrected chi connectivity index (χ3v) is 0. The van der Waals surface area contributed by atoms with Crippen LogP contribution in [0.3, 0.4) is 0 Å². The van der Waals surface area contributed by atoms with Crippen LogP contribution in [0.5, 0.6) is 0 Å². The van der Waals surface area contributed by atoms with Gasteiger partial charge in [-0.05, 0) is 0 Å². The Balaban J connectivity index is 0. The van der Waals surface area contributed by atoms with Crippen LogP contribution in [0, 0.1) is 0 Å². The summed E-state index contributed by atoms with van der Waals surface area (Å²) in [4.78, 5) is 0. The minimum absolute atomic E-state index is 0. The summed E-state index contributed by atoms with van der Waals surface area (Å²) < 4.78 is 0. The summed E-state index contributed by atoms with van der Waals surface area (Å²) in [7, 11) is 0. The third-order valence-electron chi connectivity index (χ3n) is 0. The first kappa shape index (κ1) is 3990. The number of hydrogen-bond acceptors (Lipinski definition) is 0. The maximum Gasteiger partial charge on any atom is 3.00 e. The molecule has 0 aliphatic heterocycles. The van der Waals surface area contributed by atoms with E-state index in [1.807, 2.05) is 0 Å². The van der Waals surface area contributed by atoms with Crippen molar-refractivity contribution in [2.45, 2.75) is 0 Å². The average molecular weight is 1390 g/mol. The van der Waals surface area contributed by atoms with Crippen LogP contribution in [-0.2, 0) is 246 Å². The molecule has 0 aliphatic rings. The summed E-state index contributed by atoms with van der Waals surface area (Å²) in [6, 6.07) is 0. The van der Waals surface area contributed by atoms with E-state index in [-0.39, 0.29) is 680 Å². The van der Waals surface area contributed by atoms with E-state index in [9.17, 15) is 0 Å². The second kappa shape index (κ2) is 3840. The molecule has 0 aliphatic carbocycles. The average Bonchev–Trinajstić information content (AvgIpc) is 0. The van der Waals surface area contributed by atoms with Crippen LogP contribution >= 0.6 is 0 Å². The maximum atomic E-state index is 0. The molecule has 0 aromatic rings. The summed E-state index contributed by atoms with van der Waals surface area (Å²) in [6.45, 7) is 0. The molecule has 70 heavy (non-hydrogen) atoms. The van der Waals surface area contributed by atoms with Gasteiger partial charge in [0.1, 0.15) is 0 Å². The van der Waals surface area contributed by atoms with E-state index in [1.165, 1.54) is 0 Å². The molecule has 0 unspecified atom stereocenters. The van der Waals surface area contributed by atoms with Gasteiger partial charge >= 0.3 is 434 Å². The zero-order valence-corrected chi connectivity index (χ0v) is 61.7. The van der Waals surface area contributed by atoms with Crippen molar-refractivity contribution in [1.82, 2.24) is 0 Å². The van der Waals surface area contributed by atoms with Gasteiger partial charge < -0.3 is 246 Å². The van der Waals surface area contributed by atoms with E-state index >= 15 is 0 Å². The molecular weight excluding hydrogens is 1390 g/mol. The van der Waals surface area contributed by atoms with Crippen molar-refractivity contribution >= 4 is 434 Å². The molecule has 0 radical (unpaired) electrons. The van der Waals surface area contributed by atoms with Crippen LogP contribution in [0.4, 0.5) is 0 Å². The van der Waals surface area contributed by atoms with Crippen LogP contribution < -0.4 is 0 Å².